The van der Waals surface area contributed by atoms with Crippen LogP contribution < -0.4 is 0 Å². The van der Waals surface area contributed by atoms with Crippen molar-refractivity contribution in [2.24, 2.45) is 10.1 Å². The Morgan fingerprint density at radius 2 is 2.33 bits per heavy atom. The van der Waals surface area contributed by atoms with Gasteiger partial charge in [-0.2, -0.15) is 15.1 Å². The Bertz CT molecular complexity index is 646. The molecule has 0 bridgehead atoms. The van der Waals surface area contributed by atoms with E-state index in [-0.39, 0.29) is 11.4 Å². The zero-order chi connectivity index (χ0) is 12.7. The van der Waals surface area contributed by atoms with E-state index in [0.29, 0.717) is 15.6 Å². The van der Waals surface area contributed by atoms with Crippen LogP contribution in [-0.2, 0) is 4.79 Å². The van der Waals surface area contributed by atoms with Crippen molar-refractivity contribution < 1.29 is 9.21 Å². The summed E-state index contributed by atoms with van der Waals surface area (Å²) in [5, 5.41) is 13.6. The highest BCUT2D eigenvalue weighted by molar-refractivity contribution is 9.10. The molecule has 1 aromatic heterocycles. The summed E-state index contributed by atoms with van der Waals surface area (Å²) in [6.07, 6.45) is 1.48. The lowest BCUT2D eigenvalue weighted by Crippen LogP contribution is -2.35. The minimum Gasteiger partial charge on any atom is -0.450 e. The summed E-state index contributed by atoms with van der Waals surface area (Å²) >= 11 is 4.38. The number of nitrogens with one attached hydrogen (secondary N) is 1. The quantitative estimate of drug-likeness (QED) is 0.803. The average molecular weight is 325 g/mol. The van der Waals surface area contributed by atoms with Gasteiger partial charge in [0.15, 0.2) is 15.7 Å². The topological polar surface area (TPSA) is 82.0 Å². The summed E-state index contributed by atoms with van der Waals surface area (Å²) in [4.78, 5) is 15.7. The zero-order valence-electron chi connectivity index (χ0n) is 8.75. The predicted octanol–water partition coefficient (Wildman–Crippen LogP) is 2.29. The molecule has 18 heavy (non-hydrogen) atoms. The van der Waals surface area contributed by atoms with E-state index < -0.39 is 5.91 Å². The molecule has 0 fully saturated rings. The maximum absolute atomic E-state index is 11.8. The molecule has 2 aliphatic heterocycles. The molecular weight excluding hydrogens is 320 g/mol. The van der Waals surface area contributed by atoms with Crippen LogP contribution in [0.3, 0.4) is 0 Å². The average Bonchev–Trinajstić information content (AvgIpc) is 2.93. The molecule has 8 heteroatoms. The minimum atomic E-state index is -0.461. The van der Waals surface area contributed by atoms with Crippen molar-refractivity contribution in [2.45, 2.75) is 0 Å². The fourth-order valence-corrected chi connectivity index (χ4v) is 2.41. The fourth-order valence-electron chi connectivity index (χ4n) is 1.48. The highest BCUT2D eigenvalue weighted by Gasteiger charge is 2.32. The fraction of sp³-hybridized carbons (Fsp3) is 0. The van der Waals surface area contributed by atoms with Gasteiger partial charge in [0.25, 0.3) is 5.91 Å². The molecule has 90 valence electrons. The molecule has 0 atom stereocenters. The molecule has 3 heterocycles. The third kappa shape index (κ3) is 1.83. The smallest absolute Gasteiger partial charge is 0.283 e. The van der Waals surface area contributed by atoms with Gasteiger partial charge in [-0.15, -0.1) is 0 Å². The largest absolute Gasteiger partial charge is 0.450 e. The number of hydrogen-bond acceptors (Lipinski definition) is 5. The summed E-state index contributed by atoms with van der Waals surface area (Å²) in [5.41, 5.74) is 1.69. The minimum absolute atomic E-state index is 0.00114. The highest BCUT2D eigenvalue weighted by atomic mass is 79.9. The normalized spacial score (nSPS) is 20.6. The number of amidine groups is 2. The number of thioether (sulfide) groups is 1. The molecule has 0 saturated heterocycles. The number of amides is 1. The second-order valence-electron chi connectivity index (χ2n) is 3.40. The Hall–Kier alpha value is -1.67. The SMILES string of the molecule is N=C1C(=Cc2ccc(Br)o2)C(=O)N=C2SC=NN12. The van der Waals surface area contributed by atoms with Gasteiger partial charge < -0.3 is 4.42 Å². The van der Waals surface area contributed by atoms with Gasteiger partial charge in [0.2, 0.25) is 0 Å². The molecule has 0 saturated carbocycles. The Morgan fingerprint density at radius 1 is 1.50 bits per heavy atom. The van der Waals surface area contributed by atoms with Crippen LogP contribution in [0, 0.1) is 5.41 Å². The molecule has 1 aromatic rings. The molecule has 0 radical (unpaired) electrons. The number of furan rings is 1. The number of carbonyl (C=O) groups is 1. The first-order valence-corrected chi connectivity index (χ1v) is 6.50. The molecule has 0 unspecified atom stereocenters. The molecule has 1 amide bonds. The van der Waals surface area contributed by atoms with Crippen LogP contribution >= 0.6 is 27.7 Å². The van der Waals surface area contributed by atoms with Gasteiger partial charge in [0.1, 0.15) is 5.76 Å². The molecule has 0 aromatic carbocycles. The van der Waals surface area contributed by atoms with Crippen molar-refractivity contribution in [1.29, 1.82) is 5.41 Å². The number of nitrogens with zero attached hydrogens (tertiary/aromatic N) is 3. The molecule has 0 aliphatic carbocycles. The van der Waals surface area contributed by atoms with Gasteiger partial charge in [0, 0.05) is 0 Å². The maximum Gasteiger partial charge on any atom is 0.283 e. The number of carbonyl (C=O) groups excluding carboxylic acids is 1. The predicted molar refractivity (Wildman–Crippen MR) is 72.5 cm³/mol. The van der Waals surface area contributed by atoms with Crippen molar-refractivity contribution in [2.75, 3.05) is 0 Å². The Labute approximate surface area is 114 Å². The number of hydrazone groups is 1. The van der Waals surface area contributed by atoms with E-state index in [4.69, 9.17) is 9.83 Å². The Morgan fingerprint density at radius 3 is 3.06 bits per heavy atom. The number of hydrogen-bond donors (Lipinski definition) is 1. The second kappa shape index (κ2) is 4.21. The van der Waals surface area contributed by atoms with Crippen molar-refractivity contribution in [3.8, 4) is 0 Å². The molecule has 1 N–H and O–H groups in total. The van der Waals surface area contributed by atoms with Crippen LogP contribution in [0.25, 0.3) is 6.08 Å². The van der Waals surface area contributed by atoms with Crippen LogP contribution in [0.5, 0.6) is 0 Å². The van der Waals surface area contributed by atoms with E-state index in [2.05, 4.69) is 26.0 Å². The molecule has 3 rings (SSSR count). The van der Waals surface area contributed by atoms with Gasteiger partial charge in [-0.05, 0) is 45.9 Å². The van der Waals surface area contributed by atoms with E-state index in [1.54, 1.807) is 12.1 Å². The van der Waals surface area contributed by atoms with Crippen molar-refractivity contribution in [1.82, 2.24) is 5.01 Å². The van der Waals surface area contributed by atoms with Gasteiger partial charge in [-0.1, -0.05) is 0 Å². The first-order valence-electron chi connectivity index (χ1n) is 4.83. The van der Waals surface area contributed by atoms with E-state index in [1.807, 2.05) is 0 Å². The third-order valence-electron chi connectivity index (χ3n) is 2.28. The first-order chi connectivity index (χ1) is 8.65. The monoisotopic (exact) mass is 324 g/mol. The second-order valence-corrected chi connectivity index (χ2v) is 4.99. The highest BCUT2D eigenvalue weighted by Crippen LogP contribution is 2.25. The molecular formula is C10H5BrN4O2S. The van der Waals surface area contributed by atoms with Crippen LogP contribution in [-0.4, -0.2) is 27.5 Å². The number of rotatable bonds is 1. The van der Waals surface area contributed by atoms with Crippen LogP contribution in [0.4, 0.5) is 0 Å². The van der Waals surface area contributed by atoms with Crippen LogP contribution in [0.15, 0.2) is 36.9 Å². The lowest BCUT2D eigenvalue weighted by atomic mass is 10.1. The lowest BCUT2D eigenvalue weighted by Gasteiger charge is -2.19. The van der Waals surface area contributed by atoms with Gasteiger partial charge in [0.05, 0.1) is 11.1 Å². The van der Waals surface area contributed by atoms with Gasteiger partial charge >= 0.3 is 0 Å². The van der Waals surface area contributed by atoms with E-state index in [1.165, 1.54) is 28.4 Å². The molecule has 6 nitrogen and oxygen atoms in total. The van der Waals surface area contributed by atoms with Crippen molar-refractivity contribution in [3.63, 3.8) is 0 Å². The molecule has 0 spiro atoms. The van der Waals surface area contributed by atoms with Crippen molar-refractivity contribution >= 4 is 56.2 Å². The zero-order valence-corrected chi connectivity index (χ0v) is 11.2. The summed E-state index contributed by atoms with van der Waals surface area (Å²) < 4.78 is 5.83. The Balaban J connectivity index is 2.02. The summed E-state index contributed by atoms with van der Waals surface area (Å²) in [5.74, 6) is 0.0139. The van der Waals surface area contributed by atoms with Crippen molar-refractivity contribution in [3.05, 3.63) is 28.1 Å². The summed E-state index contributed by atoms with van der Waals surface area (Å²) in [7, 11) is 0. The van der Waals surface area contributed by atoms with Gasteiger partial charge in [-0.25, -0.2) is 0 Å². The first kappa shape index (κ1) is 11.4. The molecule has 2 aliphatic rings. The number of aliphatic imine (C=N–C) groups is 1. The van der Waals surface area contributed by atoms with E-state index >= 15 is 0 Å². The van der Waals surface area contributed by atoms with Crippen LogP contribution in [0.2, 0.25) is 0 Å². The summed E-state index contributed by atoms with van der Waals surface area (Å²) in [6, 6.07) is 3.40. The summed E-state index contributed by atoms with van der Waals surface area (Å²) in [6.45, 7) is 0. The maximum atomic E-state index is 11.8. The van der Waals surface area contributed by atoms with Gasteiger partial charge in [-0.3, -0.25) is 10.2 Å². The lowest BCUT2D eigenvalue weighted by molar-refractivity contribution is -0.114. The number of halogens is 1. The third-order valence-corrected chi connectivity index (χ3v) is 3.38. The van der Waals surface area contributed by atoms with Crippen LogP contribution in [0.1, 0.15) is 5.76 Å². The number of fused-ring (bicyclic) bond motifs is 1. The Kier molecular flexibility index (Phi) is 2.67. The standard InChI is InChI=1S/C10H5BrN4O2S/c11-7-2-1-5(17-7)3-6-8(12)15-10(14-9(6)16)18-4-13-15/h1-4,12H. The van der Waals surface area contributed by atoms with E-state index in [0.717, 1.165) is 0 Å². The van der Waals surface area contributed by atoms with E-state index in [9.17, 15) is 4.79 Å².